The van der Waals surface area contributed by atoms with Gasteiger partial charge in [0.2, 0.25) is 0 Å². The fourth-order valence-corrected chi connectivity index (χ4v) is 3.83. The first-order chi connectivity index (χ1) is 10.3. The van der Waals surface area contributed by atoms with Crippen molar-refractivity contribution in [3.8, 4) is 11.5 Å². The summed E-state index contributed by atoms with van der Waals surface area (Å²) < 4.78 is 61.6. The third-order valence-electron chi connectivity index (χ3n) is 2.71. The van der Waals surface area contributed by atoms with Crippen molar-refractivity contribution in [2.45, 2.75) is 11.8 Å². The van der Waals surface area contributed by atoms with Gasteiger partial charge in [-0.3, -0.25) is 0 Å². The molecule has 126 valence electrons. The number of nitrogens with one attached hydrogen (secondary N) is 2. The summed E-state index contributed by atoms with van der Waals surface area (Å²) in [5.41, 5.74) is 0. The van der Waals surface area contributed by atoms with Crippen LogP contribution in [-0.2, 0) is 20.0 Å². The van der Waals surface area contributed by atoms with E-state index in [1.807, 2.05) is 0 Å². The maximum atomic E-state index is 12.2. The van der Waals surface area contributed by atoms with Gasteiger partial charge in [-0.05, 0) is 12.1 Å². The molecule has 1 rings (SSSR count). The number of rotatable bonds is 9. The van der Waals surface area contributed by atoms with E-state index < -0.39 is 20.0 Å². The van der Waals surface area contributed by atoms with Crippen molar-refractivity contribution < 1.29 is 26.3 Å². The third-order valence-corrected chi connectivity index (χ3v) is 5.68. The van der Waals surface area contributed by atoms with Crippen molar-refractivity contribution in [3.05, 3.63) is 18.2 Å². The molecule has 0 aliphatic carbocycles. The lowest BCUT2D eigenvalue weighted by atomic mass is 10.3. The van der Waals surface area contributed by atoms with Gasteiger partial charge in [0.1, 0.15) is 0 Å². The number of ether oxygens (including phenoxy) is 2. The molecule has 0 aliphatic rings. The Balaban J connectivity index is 2.83. The zero-order valence-electron chi connectivity index (χ0n) is 12.6. The topological polar surface area (TPSA) is 111 Å². The molecule has 0 bridgehead atoms. The fraction of sp³-hybridized carbons (Fsp3) is 0.500. The van der Waals surface area contributed by atoms with Crippen LogP contribution in [0.3, 0.4) is 0 Å². The summed E-state index contributed by atoms with van der Waals surface area (Å²) in [6.07, 6.45) is 0. The Kier molecular flexibility index (Phi) is 6.60. The van der Waals surface area contributed by atoms with Crippen LogP contribution < -0.4 is 18.9 Å². The van der Waals surface area contributed by atoms with E-state index in [1.54, 1.807) is 6.92 Å². The van der Waals surface area contributed by atoms with Gasteiger partial charge in [0.05, 0.1) is 24.9 Å². The van der Waals surface area contributed by atoms with E-state index in [1.165, 1.54) is 32.4 Å². The minimum atomic E-state index is -3.67. The first-order valence-corrected chi connectivity index (χ1v) is 9.58. The van der Waals surface area contributed by atoms with Gasteiger partial charge in [0.25, 0.3) is 10.2 Å². The van der Waals surface area contributed by atoms with Crippen LogP contribution in [0.25, 0.3) is 0 Å². The van der Waals surface area contributed by atoms with Gasteiger partial charge in [-0.2, -0.15) is 8.42 Å². The molecule has 0 aliphatic heterocycles. The molecule has 2 N–H and O–H groups in total. The normalized spacial score (nSPS) is 12.1. The maximum absolute atomic E-state index is 12.2. The van der Waals surface area contributed by atoms with Crippen LogP contribution in [0.2, 0.25) is 0 Å². The van der Waals surface area contributed by atoms with Crippen molar-refractivity contribution >= 4 is 20.0 Å². The molecule has 1 aromatic rings. The molecule has 0 amide bonds. The van der Waals surface area contributed by atoms with Crippen molar-refractivity contribution in [3.63, 3.8) is 0 Å². The summed E-state index contributed by atoms with van der Waals surface area (Å²) in [4.78, 5) is 0.0350. The van der Waals surface area contributed by atoms with Crippen molar-refractivity contribution in [2.24, 2.45) is 0 Å². The molecular formula is C12H20N2O6S2. The van der Waals surface area contributed by atoms with Gasteiger partial charge in [-0.1, -0.05) is 6.92 Å². The summed E-state index contributed by atoms with van der Waals surface area (Å²) in [6.45, 7) is 1.61. The van der Waals surface area contributed by atoms with Crippen LogP contribution in [-0.4, -0.2) is 49.9 Å². The quantitative estimate of drug-likeness (QED) is 0.643. The molecule has 0 heterocycles. The van der Waals surface area contributed by atoms with Crippen LogP contribution in [0.1, 0.15) is 6.92 Å². The van der Waals surface area contributed by atoms with E-state index in [0.717, 1.165) is 0 Å². The summed E-state index contributed by atoms with van der Waals surface area (Å²) in [7, 11) is -4.47. The van der Waals surface area contributed by atoms with Gasteiger partial charge in [0, 0.05) is 19.2 Å². The van der Waals surface area contributed by atoms with Crippen LogP contribution in [0.15, 0.2) is 23.1 Å². The molecule has 10 heteroatoms. The van der Waals surface area contributed by atoms with Crippen LogP contribution >= 0.6 is 0 Å². The van der Waals surface area contributed by atoms with Gasteiger partial charge >= 0.3 is 0 Å². The lowest BCUT2D eigenvalue weighted by Crippen LogP contribution is -2.38. The molecule has 0 atom stereocenters. The highest BCUT2D eigenvalue weighted by Crippen LogP contribution is 2.29. The van der Waals surface area contributed by atoms with Crippen molar-refractivity contribution in [2.75, 3.05) is 33.1 Å². The first kappa shape index (κ1) is 18.7. The van der Waals surface area contributed by atoms with E-state index >= 15 is 0 Å². The molecule has 0 saturated heterocycles. The number of sulfone groups is 1. The van der Waals surface area contributed by atoms with Gasteiger partial charge in [0.15, 0.2) is 21.3 Å². The predicted molar refractivity (Wildman–Crippen MR) is 82.2 cm³/mol. The van der Waals surface area contributed by atoms with E-state index in [4.69, 9.17) is 9.47 Å². The molecule has 0 radical (unpaired) electrons. The van der Waals surface area contributed by atoms with Gasteiger partial charge < -0.3 is 9.47 Å². The maximum Gasteiger partial charge on any atom is 0.276 e. The smallest absolute Gasteiger partial charge is 0.276 e. The largest absolute Gasteiger partial charge is 0.493 e. The van der Waals surface area contributed by atoms with E-state index in [0.29, 0.717) is 5.75 Å². The number of hydrogen-bond donors (Lipinski definition) is 2. The Bertz CT molecular complexity index is 700. The summed E-state index contributed by atoms with van der Waals surface area (Å²) in [6, 6.07) is 4.21. The Hall–Kier alpha value is -1.36. The fourth-order valence-electron chi connectivity index (χ4n) is 1.68. The summed E-state index contributed by atoms with van der Waals surface area (Å²) >= 11 is 0. The highest BCUT2D eigenvalue weighted by molar-refractivity contribution is 7.91. The molecule has 0 fully saturated rings. The standard InChI is InChI=1S/C12H20N2O6S2/c1-4-13-22(17,18)14-7-8-21(15,16)10-5-6-11(19-2)12(9-10)20-3/h5-6,9,13-14H,4,7-8H2,1-3H3. The SMILES string of the molecule is CCNS(=O)(=O)NCCS(=O)(=O)c1ccc(OC)c(OC)c1. The van der Waals surface area contributed by atoms with Crippen molar-refractivity contribution in [1.82, 2.24) is 9.44 Å². The summed E-state index contributed by atoms with van der Waals surface area (Å²) in [5.74, 6) is 0.332. The lowest BCUT2D eigenvalue weighted by Gasteiger charge is -2.11. The van der Waals surface area contributed by atoms with Crippen molar-refractivity contribution in [1.29, 1.82) is 0 Å². The Morgan fingerprint density at radius 2 is 1.64 bits per heavy atom. The third kappa shape index (κ3) is 5.13. The molecular weight excluding hydrogens is 332 g/mol. The van der Waals surface area contributed by atoms with Crippen LogP contribution in [0, 0.1) is 0 Å². The minimum Gasteiger partial charge on any atom is -0.493 e. The highest BCUT2D eigenvalue weighted by Gasteiger charge is 2.18. The Morgan fingerprint density at radius 3 is 2.18 bits per heavy atom. The highest BCUT2D eigenvalue weighted by atomic mass is 32.2. The molecule has 0 saturated carbocycles. The van der Waals surface area contributed by atoms with E-state index in [-0.39, 0.29) is 29.5 Å². The predicted octanol–water partition coefficient (Wildman–Crippen LogP) is -0.0786. The second-order valence-electron chi connectivity index (χ2n) is 4.23. The van der Waals surface area contributed by atoms with E-state index in [2.05, 4.69) is 9.44 Å². The first-order valence-electron chi connectivity index (χ1n) is 6.44. The Morgan fingerprint density at radius 1 is 1.00 bits per heavy atom. The van der Waals surface area contributed by atoms with Crippen LogP contribution in [0.4, 0.5) is 0 Å². The van der Waals surface area contributed by atoms with Crippen LogP contribution in [0.5, 0.6) is 11.5 Å². The molecule has 1 aromatic carbocycles. The molecule has 8 nitrogen and oxygen atoms in total. The van der Waals surface area contributed by atoms with Gasteiger partial charge in [-0.25, -0.2) is 17.9 Å². The average molecular weight is 352 g/mol. The molecule has 22 heavy (non-hydrogen) atoms. The molecule has 0 spiro atoms. The van der Waals surface area contributed by atoms with Gasteiger partial charge in [-0.15, -0.1) is 0 Å². The average Bonchev–Trinajstić information content (AvgIpc) is 2.45. The Labute approximate surface area is 130 Å². The molecule has 0 unspecified atom stereocenters. The lowest BCUT2D eigenvalue weighted by molar-refractivity contribution is 0.354. The second-order valence-corrected chi connectivity index (χ2v) is 7.92. The minimum absolute atomic E-state index is 0.0350. The second kappa shape index (κ2) is 7.77. The zero-order valence-corrected chi connectivity index (χ0v) is 14.3. The summed E-state index contributed by atoms with van der Waals surface area (Å²) in [5, 5.41) is 0. The zero-order chi connectivity index (χ0) is 16.8. The number of hydrogen-bond acceptors (Lipinski definition) is 6. The monoisotopic (exact) mass is 352 g/mol. The number of methoxy groups -OCH3 is 2. The molecule has 0 aromatic heterocycles. The van der Waals surface area contributed by atoms with E-state index in [9.17, 15) is 16.8 Å². The number of benzene rings is 1.